The van der Waals surface area contributed by atoms with Crippen LogP contribution in [0.1, 0.15) is 50.1 Å². The summed E-state index contributed by atoms with van der Waals surface area (Å²) >= 11 is 0. The molecule has 5 rings (SSSR count). The van der Waals surface area contributed by atoms with Crippen LogP contribution in [0.4, 0.5) is 0 Å². The number of aromatic nitrogens is 2. The van der Waals surface area contributed by atoms with E-state index in [1.807, 2.05) is 35.6 Å². The van der Waals surface area contributed by atoms with Gasteiger partial charge in [0, 0.05) is 38.2 Å². The molecule has 0 bridgehead atoms. The van der Waals surface area contributed by atoms with Crippen molar-refractivity contribution in [3.8, 4) is 0 Å². The van der Waals surface area contributed by atoms with E-state index in [2.05, 4.69) is 40.4 Å². The molecule has 6 nitrogen and oxygen atoms in total. The summed E-state index contributed by atoms with van der Waals surface area (Å²) in [7, 11) is 0. The summed E-state index contributed by atoms with van der Waals surface area (Å²) in [4.78, 5) is 21.5. The Hall–Kier alpha value is -2.18. The summed E-state index contributed by atoms with van der Waals surface area (Å²) in [6.07, 6.45) is 5.25. The number of imidazole rings is 1. The molecule has 6 heteroatoms. The molecule has 1 amide bonds. The predicted octanol–water partition coefficient (Wildman–Crippen LogP) is 2.74. The topological polar surface area (TPSA) is 50.6 Å². The second-order valence-corrected chi connectivity index (χ2v) is 8.19. The summed E-state index contributed by atoms with van der Waals surface area (Å²) < 4.78 is 8.83. The van der Waals surface area contributed by atoms with E-state index in [0.29, 0.717) is 19.0 Å². The Bertz CT molecular complexity index is 849. The molecule has 27 heavy (non-hydrogen) atoms. The SMILES string of the molecule is CC(C)n1cncc1CN1CC[C@@]23O[C@@H](c4ccccc4)CN2C(=O)C[C@@H]13. The van der Waals surface area contributed by atoms with Gasteiger partial charge in [-0.3, -0.25) is 9.69 Å². The van der Waals surface area contributed by atoms with Gasteiger partial charge in [-0.2, -0.15) is 0 Å². The highest BCUT2D eigenvalue weighted by Crippen LogP contribution is 2.50. The Balaban J connectivity index is 1.40. The van der Waals surface area contributed by atoms with Gasteiger partial charge in [0.15, 0.2) is 5.72 Å². The number of carbonyl (C=O) groups is 1. The molecule has 3 aliphatic heterocycles. The quantitative estimate of drug-likeness (QED) is 0.835. The van der Waals surface area contributed by atoms with Crippen molar-refractivity contribution in [3.05, 3.63) is 54.1 Å². The van der Waals surface area contributed by atoms with E-state index in [4.69, 9.17) is 4.74 Å². The molecule has 0 radical (unpaired) electrons. The van der Waals surface area contributed by atoms with Crippen LogP contribution < -0.4 is 0 Å². The Morgan fingerprint density at radius 1 is 1.30 bits per heavy atom. The average Bonchev–Trinajstić information content (AvgIpc) is 3.40. The summed E-state index contributed by atoms with van der Waals surface area (Å²) in [5, 5.41) is 0. The average molecular weight is 366 g/mol. The van der Waals surface area contributed by atoms with Crippen LogP contribution in [0.25, 0.3) is 0 Å². The monoisotopic (exact) mass is 366 g/mol. The second-order valence-electron chi connectivity index (χ2n) is 8.19. The lowest BCUT2D eigenvalue weighted by Gasteiger charge is -2.32. The minimum Gasteiger partial charge on any atom is -0.344 e. The minimum absolute atomic E-state index is 0.0286. The normalized spacial score (nSPS) is 30.3. The van der Waals surface area contributed by atoms with Crippen molar-refractivity contribution in [1.29, 1.82) is 0 Å². The zero-order valence-electron chi connectivity index (χ0n) is 15.9. The van der Waals surface area contributed by atoms with Crippen molar-refractivity contribution >= 4 is 5.91 Å². The maximum atomic E-state index is 12.8. The van der Waals surface area contributed by atoms with Gasteiger partial charge in [0.05, 0.1) is 24.6 Å². The third-order valence-electron chi connectivity index (χ3n) is 6.38. The van der Waals surface area contributed by atoms with Crippen LogP contribution in [0.5, 0.6) is 0 Å². The number of hydrogen-bond donors (Lipinski definition) is 0. The van der Waals surface area contributed by atoms with E-state index in [1.165, 1.54) is 5.69 Å². The molecule has 3 atom stereocenters. The van der Waals surface area contributed by atoms with Crippen molar-refractivity contribution in [2.45, 2.75) is 57.1 Å². The lowest BCUT2D eigenvalue weighted by Crippen LogP contribution is -2.47. The summed E-state index contributed by atoms with van der Waals surface area (Å²) in [6.45, 7) is 6.76. The molecule has 0 aliphatic carbocycles. The Kier molecular flexibility index (Phi) is 3.88. The first-order chi connectivity index (χ1) is 13.1. The fourth-order valence-corrected chi connectivity index (χ4v) is 5.07. The Morgan fingerprint density at radius 2 is 2.11 bits per heavy atom. The number of hydrogen-bond acceptors (Lipinski definition) is 4. The van der Waals surface area contributed by atoms with E-state index >= 15 is 0 Å². The minimum atomic E-state index is -0.458. The van der Waals surface area contributed by atoms with Crippen LogP contribution in [0.15, 0.2) is 42.9 Å². The lowest BCUT2D eigenvalue weighted by molar-refractivity contribution is -0.138. The van der Waals surface area contributed by atoms with Crippen molar-refractivity contribution < 1.29 is 9.53 Å². The highest BCUT2D eigenvalue weighted by atomic mass is 16.5. The van der Waals surface area contributed by atoms with Crippen LogP contribution in [-0.2, 0) is 16.1 Å². The van der Waals surface area contributed by atoms with Gasteiger partial charge in [-0.15, -0.1) is 0 Å². The number of carbonyl (C=O) groups excluding carboxylic acids is 1. The largest absolute Gasteiger partial charge is 0.344 e. The standard InChI is InChI=1S/C21H26N4O2/c1-15(2)24-14-22-11-17(24)12-23-9-8-21-19(23)10-20(26)25(21)13-18(27-21)16-6-4-3-5-7-16/h3-7,11,14-15,18-19H,8-10,12-13H2,1-2H3/t18-,19-,21+/m1/s1. The number of rotatable bonds is 4. The summed E-state index contributed by atoms with van der Waals surface area (Å²) in [5.41, 5.74) is 1.90. The number of likely N-dealkylation sites (tertiary alicyclic amines) is 1. The molecule has 142 valence electrons. The van der Waals surface area contributed by atoms with Gasteiger partial charge in [-0.25, -0.2) is 4.98 Å². The second kappa shape index (κ2) is 6.17. The molecule has 1 aromatic heterocycles. The molecule has 3 saturated heterocycles. The lowest BCUT2D eigenvalue weighted by atomic mass is 10.1. The zero-order valence-corrected chi connectivity index (χ0v) is 15.9. The Morgan fingerprint density at radius 3 is 2.89 bits per heavy atom. The van der Waals surface area contributed by atoms with Crippen LogP contribution in [0, 0.1) is 0 Å². The molecule has 3 aliphatic rings. The third-order valence-corrected chi connectivity index (χ3v) is 6.38. The van der Waals surface area contributed by atoms with Crippen LogP contribution in [-0.4, -0.2) is 50.1 Å². The maximum absolute atomic E-state index is 12.8. The van der Waals surface area contributed by atoms with Crippen molar-refractivity contribution in [3.63, 3.8) is 0 Å². The van der Waals surface area contributed by atoms with Gasteiger partial charge in [-0.1, -0.05) is 30.3 Å². The van der Waals surface area contributed by atoms with Crippen molar-refractivity contribution in [2.24, 2.45) is 0 Å². The molecule has 0 N–H and O–H groups in total. The highest BCUT2D eigenvalue weighted by molar-refractivity contribution is 5.81. The number of amides is 1. The van der Waals surface area contributed by atoms with E-state index in [1.54, 1.807) is 0 Å². The number of benzene rings is 1. The zero-order chi connectivity index (χ0) is 18.6. The molecule has 0 unspecified atom stereocenters. The summed E-state index contributed by atoms with van der Waals surface area (Å²) in [6, 6.07) is 10.8. The van der Waals surface area contributed by atoms with Gasteiger partial charge in [0.25, 0.3) is 0 Å². The number of nitrogens with zero attached hydrogens (tertiary/aromatic N) is 4. The maximum Gasteiger partial charge on any atom is 0.226 e. The van der Waals surface area contributed by atoms with Crippen molar-refractivity contribution in [2.75, 3.05) is 13.1 Å². The fourth-order valence-electron chi connectivity index (χ4n) is 5.07. The molecular formula is C21H26N4O2. The van der Waals surface area contributed by atoms with E-state index < -0.39 is 5.72 Å². The van der Waals surface area contributed by atoms with E-state index in [9.17, 15) is 4.79 Å². The first-order valence-corrected chi connectivity index (χ1v) is 9.86. The van der Waals surface area contributed by atoms with Gasteiger partial charge in [0.1, 0.15) is 6.10 Å². The molecule has 1 spiro atoms. The van der Waals surface area contributed by atoms with Crippen molar-refractivity contribution in [1.82, 2.24) is 19.4 Å². The molecule has 3 fully saturated rings. The van der Waals surface area contributed by atoms with Gasteiger partial charge in [0.2, 0.25) is 5.91 Å². The van der Waals surface area contributed by atoms with Gasteiger partial charge < -0.3 is 14.2 Å². The van der Waals surface area contributed by atoms with Crippen LogP contribution >= 0.6 is 0 Å². The van der Waals surface area contributed by atoms with Crippen LogP contribution in [0.2, 0.25) is 0 Å². The first kappa shape index (κ1) is 17.0. The number of ether oxygens (including phenoxy) is 1. The molecule has 0 saturated carbocycles. The highest BCUT2D eigenvalue weighted by Gasteiger charge is 2.63. The molecule has 2 aromatic rings. The predicted molar refractivity (Wildman–Crippen MR) is 101 cm³/mol. The summed E-state index contributed by atoms with van der Waals surface area (Å²) in [5.74, 6) is 0.223. The fraction of sp³-hybridized carbons (Fsp3) is 0.524. The van der Waals surface area contributed by atoms with Gasteiger partial charge >= 0.3 is 0 Å². The van der Waals surface area contributed by atoms with E-state index in [0.717, 1.165) is 25.1 Å². The molecule has 4 heterocycles. The van der Waals surface area contributed by atoms with Crippen LogP contribution in [0.3, 0.4) is 0 Å². The molecule has 1 aromatic carbocycles. The van der Waals surface area contributed by atoms with E-state index in [-0.39, 0.29) is 18.1 Å². The molecular weight excluding hydrogens is 340 g/mol. The van der Waals surface area contributed by atoms with Gasteiger partial charge in [-0.05, 0) is 19.4 Å². The Labute approximate surface area is 159 Å². The first-order valence-electron chi connectivity index (χ1n) is 9.86. The smallest absolute Gasteiger partial charge is 0.226 e. The third kappa shape index (κ3) is 2.54.